The smallest absolute Gasteiger partial charge is 0.119 e. The Morgan fingerprint density at radius 2 is 2.07 bits per heavy atom. The molecule has 0 radical (unpaired) electrons. The van der Waals surface area contributed by atoms with Crippen LogP contribution in [0, 0.1) is 6.92 Å². The van der Waals surface area contributed by atoms with Crippen molar-refractivity contribution in [2.45, 2.75) is 33.4 Å². The molecule has 0 aliphatic rings. The molecule has 0 amide bonds. The van der Waals surface area contributed by atoms with E-state index in [1.807, 2.05) is 6.07 Å². The highest BCUT2D eigenvalue weighted by Crippen LogP contribution is 2.16. The minimum atomic E-state index is 0.514. The number of rotatable bonds is 4. The number of hydrogen-bond donors (Lipinski definition) is 1. The summed E-state index contributed by atoms with van der Waals surface area (Å²) in [4.78, 5) is 0. The highest BCUT2D eigenvalue weighted by atomic mass is 16.5. The number of hydrogen-bond acceptors (Lipinski definition) is 2. The number of nitrogens with one attached hydrogen (secondary N) is 1. The van der Waals surface area contributed by atoms with Gasteiger partial charge in [-0.3, -0.25) is 0 Å². The highest BCUT2D eigenvalue weighted by molar-refractivity contribution is 5.34. The summed E-state index contributed by atoms with van der Waals surface area (Å²) in [7, 11) is 1.70. The van der Waals surface area contributed by atoms with Gasteiger partial charge in [-0.15, -0.1) is 0 Å². The Morgan fingerprint density at radius 3 is 2.64 bits per heavy atom. The second-order valence-corrected chi connectivity index (χ2v) is 3.83. The molecule has 2 nitrogen and oxygen atoms in total. The largest absolute Gasteiger partial charge is 0.497 e. The summed E-state index contributed by atoms with van der Waals surface area (Å²) >= 11 is 0. The first kappa shape index (κ1) is 11.1. The molecule has 1 aromatic carbocycles. The predicted molar refractivity (Wildman–Crippen MR) is 59.7 cm³/mol. The Hall–Kier alpha value is -1.02. The van der Waals surface area contributed by atoms with Crippen LogP contribution in [0.25, 0.3) is 0 Å². The molecule has 0 bridgehead atoms. The van der Waals surface area contributed by atoms with Gasteiger partial charge in [0.05, 0.1) is 7.11 Å². The van der Waals surface area contributed by atoms with Gasteiger partial charge in [-0.1, -0.05) is 19.9 Å². The summed E-state index contributed by atoms with van der Waals surface area (Å²) in [5, 5.41) is 3.40. The van der Waals surface area contributed by atoms with Gasteiger partial charge >= 0.3 is 0 Å². The maximum Gasteiger partial charge on any atom is 0.119 e. The number of ether oxygens (including phenoxy) is 1. The fourth-order valence-electron chi connectivity index (χ4n) is 1.28. The molecule has 14 heavy (non-hydrogen) atoms. The third kappa shape index (κ3) is 3.04. The summed E-state index contributed by atoms with van der Waals surface area (Å²) in [6.45, 7) is 7.32. The number of aryl methyl sites for hydroxylation is 1. The molecule has 0 fully saturated rings. The highest BCUT2D eigenvalue weighted by Gasteiger charge is 2.01. The van der Waals surface area contributed by atoms with Crippen LogP contribution in [0.4, 0.5) is 0 Å². The van der Waals surface area contributed by atoms with Crippen molar-refractivity contribution in [2.75, 3.05) is 7.11 Å². The van der Waals surface area contributed by atoms with Crippen molar-refractivity contribution in [1.82, 2.24) is 5.32 Å². The Labute approximate surface area is 86.3 Å². The van der Waals surface area contributed by atoms with Crippen molar-refractivity contribution >= 4 is 0 Å². The molecule has 0 atom stereocenters. The van der Waals surface area contributed by atoms with Crippen molar-refractivity contribution in [3.05, 3.63) is 29.3 Å². The monoisotopic (exact) mass is 193 g/mol. The SMILES string of the molecule is COc1ccc(C)c(CNC(C)C)c1. The van der Waals surface area contributed by atoms with Gasteiger partial charge in [0.15, 0.2) is 0 Å². The average Bonchev–Trinajstić information content (AvgIpc) is 2.16. The molecule has 0 heterocycles. The third-order valence-corrected chi connectivity index (χ3v) is 2.26. The maximum absolute atomic E-state index is 5.19. The van der Waals surface area contributed by atoms with E-state index in [9.17, 15) is 0 Å². The fourth-order valence-corrected chi connectivity index (χ4v) is 1.28. The van der Waals surface area contributed by atoms with E-state index in [1.165, 1.54) is 11.1 Å². The summed E-state index contributed by atoms with van der Waals surface area (Å²) < 4.78 is 5.19. The van der Waals surface area contributed by atoms with E-state index in [4.69, 9.17) is 4.74 Å². The molecule has 0 saturated heterocycles. The normalized spacial score (nSPS) is 10.6. The van der Waals surface area contributed by atoms with Crippen molar-refractivity contribution in [2.24, 2.45) is 0 Å². The lowest BCUT2D eigenvalue weighted by Crippen LogP contribution is -2.22. The van der Waals surface area contributed by atoms with Gasteiger partial charge in [-0.2, -0.15) is 0 Å². The first-order valence-electron chi connectivity index (χ1n) is 5.00. The molecule has 0 aliphatic carbocycles. The summed E-state index contributed by atoms with van der Waals surface area (Å²) in [6, 6.07) is 6.69. The first-order chi connectivity index (χ1) is 6.63. The lowest BCUT2D eigenvalue weighted by atomic mass is 10.1. The first-order valence-corrected chi connectivity index (χ1v) is 5.00. The quantitative estimate of drug-likeness (QED) is 0.793. The molecule has 0 spiro atoms. The number of benzene rings is 1. The molecule has 2 heteroatoms. The lowest BCUT2D eigenvalue weighted by Gasteiger charge is -2.11. The van der Waals surface area contributed by atoms with Crippen molar-refractivity contribution < 1.29 is 4.74 Å². The zero-order chi connectivity index (χ0) is 10.6. The zero-order valence-corrected chi connectivity index (χ0v) is 9.42. The summed E-state index contributed by atoms with van der Waals surface area (Å²) in [5.74, 6) is 0.927. The van der Waals surface area contributed by atoms with Crippen molar-refractivity contribution in [3.63, 3.8) is 0 Å². The Balaban J connectivity index is 2.73. The summed E-state index contributed by atoms with van der Waals surface area (Å²) in [5.41, 5.74) is 2.61. The van der Waals surface area contributed by atoms with E-state index in [-0.39, 0.29) is 0 Å². The van der Waals surface area contributed by atoms with Crippen LogP contribution >= 0.6 is 0 Å². The average molecular weight is 193 g/mol. The van der Waals surface area contributed by atoms with E-state index in [1.54, 1.807) is 7.11 Å². The van der Waals surface area contributed by atoms with Gasteiger partial charge in [0.25, 0.3) is 0 Å². The van der Waals surface area contributed by atoms with Crippen LogP contribution < -0.4 is 10.1 Å². The fraction of sp³-hybridized carbons (Fsp3) is 0.500. The second kappa shape index (κ2) is 5.01. The van der Waals surface area contributed by atoms with Crippen LogP contribution in [0.2, 0.25) is 0 Å². The van der Waals surface area contributed by atoms with Gasteiger partial charge < -0.3 is 10.1 Å². The van der Waals surface area contributed by atoms with E-state index >= 15 is 0 Å². The van der Waals surface area contributed by atoms with Crippen molar-refractivity contribution in [3.8, 4) is 5.75 Å². The molecule has 0 unspecified atom stereocenters. The maximum atomic E-state index is 5.19. The molecule has 1 N–H and O–H groups in total. The Morgan fingerprint density at radius 1 is 1.36 bits per heavy atom. The number of methoxy groups -OCH3 is 1. The van der Waals surface area contributed by atoms with Crippen LogP contribution in [0.1, 0.15) is 25.0 Å². The van der Waals surface area contributed by atoms with E-state index < -0.39 is 0 Å². The van der Waals surface area contributed by atoms with Gasteiger partial charge in [0, 0.05) is 12.6 Å². The van der Waals surface area contributed by atoms with Crippen LogP contribution in [0.15, 0.2) is 18.2 Å². The third-order valence-electron chi connectivity index (χ3n) is 2.26. The van der Waals surface area contributed by atoms with Gasteiger partial charge in [-0.05, 0) is 30.2 Å². The van der Waals surface area contributed by atoms with Crippen LogP contribution in [-0.2, 0) is 6.54 Å². The van der Waals surface area contributed by atoms with E-state index in [2.05, 4.69) is 38.2 Å². The molecule has 1 rings (SSSR count). The van der Waals surface area contributed by atoms with Crippen LogP contribution in [0.5, 0.6) is 5.75 Å². The molecule has 0 aromatic heterocycles. The Kier molecular flexibility index (Phi) is 3.96. The van der Waals surface area contributed by atoms with Gasteiger partial charge in [0.1, 0.15) is 5.75 Å². The minimum absolute atomic E-state index is 0.514. The topological polar surface area (TPSA) is 21.3 Å². The van der Waals surface area contributed by atoms with E-state index in [0.717, 1.165) is 12.3 Å². The predicted octanol–water partition coefficient (Wildman–Crippen LogP) is 2.50. The minimum Gasteiger partial charge on any atom is -0.497 e. The molecule has 0 aliphatic heterocycles. The van der Waals surface area contributed by atoms with Crippen LogP contribution in [-0.4, -0.2) is 13.2 Å². The molecule has 1 aromatic rings. The lowest BCUT2D eigenvalue weighted by molar-refractivity contribution is 0.413. The van der Waals surface area contributed by atoms with Crippen LogP contribution in [0.3, 0.4) is 0 Å². The standard InChI is InChI=1S/C12H19NO/c1-9(2)13-8-11-7-12(14-4)6-5-10(11)3/h5-7,9,13H,8H2,1-4H3. The molecule has 0 saturated carbocycles. The van der Waals surface area contributed by atoms with Gasteiger partial charge in [-0.25, -0.2) is 0 Å². The van der Waals surface area contributed by atoms with E-state index in [0.29, 0.717) is 6.04 Å². The molecular weight excluding hydrogens is 174 g/mol. The summed E-state index contributed by atoms with van der Waals surface area (Å²) in [6.07, 6.45) is 0. The molecular formula is C12H19NO. The molecule has 78 valence electrons. The second-order valence-electron chi connectivity index (χ2n) is 3.83. The van der Waals surface area contributed by atoms with Gasteiger partial charge in [0.2, 0.25) is 0 Å². The zero-order valence-electron chi connectivity index (χ0n) is 9.42. The van der Waals surface area contributed by atoms with Crippen molar-refractivity contribution in [1.29, 1.82) is 0 Å². The Bertz CT molecular complexity index is 294.